The normalized spacial score (nSPS) is 52.2. The molecule has 4 aliphatic carbocycles. The number of hydrogen-bond acceptors (Lipinski definition) is 6. The van der Waals surface area contributed by atoms with Gasteiger partial charge in [-0.3, -0.25) is 4.90 Å². The molecule has 6 nitrogen and oxygen atoms in total. The Morgan fingerprint density at radius 1 is 0.879 bits per heavy atom. The summed E-state index contributed by atoms with van der Waals surface area (Å²) in [5.41, 5.74) is 0.509. The predicted molar refractivity (Wildman–Crippen MR) is 125 cm³/mol. The van der Waals surface area contributed by atoms with Gasteiger partial charge in [0.2, 0.25) is 0 Å². The summed E-state index contributed by atoms with van der Waals surface area (Å²) in [6.07, 6.45) is 9.33. The second kappa shape index (κ2) is 8.41. The van der Waals surface area contributed by atoms with Gasteiger partial charge in [-0.05, 0) is 85.9 Å². The van der Waals surface area contributed by atoms with Crippen LogP contribution in [-0.4, -0.2) is 79.2 Å². The summed E-state index contributed by atoms with van der Waals surface area (Å²) in [6.45, 7) is 9.79. The van der Waals surface area contributed by atoms with E-state index in [1.807, 2.05) is 0 Å². The standard InChI is InChI=1S/C27H45NO5/c1-25-8-7-21-19(20(25)5-6-24(25)27(17-29)32-13-14-33-27)4-3-18-15-23(30)22(16-26(18,21)2)28-9-11-31-12-10-28/h18-24,29-30H,3-17H2,1-2H3/t18-,19-,20-,21-,22-,23-,24-,25-,26-/m0/s1. The number of fused-ring (bicyclic) bond motifs is 5. The predicted octanol–water partition coefficient (Wildman–Crippen LogP) is 3.05. The van der Waals surface area contributed by atoms with Crippen LogP contribution >= 0.6 is 0 Å². The lowest BCUT2D eigenvalue weighted by atomic mass is 9.44. The first kappa shape index (κ1) is 23.2. The van der Waals surface area contributed by atoms with E-state index in [2.05, 4.69) is 18.7 Å². The van der Waals surface area contributed by atoms with E-state index in [0.29, 0.717) is 36.4 Å². The second-order valence-electron chi connectivity index (χ2n) is 12.7. The molecule has 0 aromatic rings. The Hall–Kier alpha value is -0.240. The van der Waals surface area contributed by atoms with E-state index in [9.17, 15) is 10.2 Å². The third-order valence-corrected chi connectivity index (χ3v) is 11.7. The van der Waals surface area contributed by atoms with Crippen LogP contribution in [0.3, 0.4) is 0 Å². The van der Waals surface area contributed by atoms with Crippen molar-refractivity contribution < 1.29 is 24.4 Å². The number of ether oxygens (including phenoxy) is 3. The highest BCUT2D eigenvalue weighted by Gasteiger charge is 2.65. The van der Waals surface area contributed by atoms with Crippen molar-refractivity contribution in [1.29, 1.82) is 0 Å². The zero-order chi connectivity index (χ0) is 22.8. The van der Waals surface area contributed by atoms with Crippen LogP contribution < -0.4 is 0 Å². The Morgan fingerprint density at radius 3 is 2.33 bits per heavy atom. The molecule has 6 aliphatic rings. The largest absolute Gasteiger partial charge is 0.391 e. The van der Waals surface area contributed by atoms with E-state index in [4.69, 9.17) is 14.2 Å². The smallest absolute Gasteiger partial charge is 0.195 e. The topological polar surface area (TPSA) is 71.4 Å². The molecule has 0 radical (unpaired) electrons. The van der Waals surface area contributed by atoms with Crippen LogP contribution in [-0.2, 0) is 14.2 Å². The second-order valence-corrected chi connectivity index (χ2v) is 12.7. The van der Waals surface area contributed by atoms with E-state index in [-0.39, 0.29) is 24.2 Å². The fraction of sp³-hybridized carbons (Fsp3) is 1.00. The Balaban J connectivity index is 1.25. The summed E-state index contributed by atoms with van der Waals surface area (Å²) in [5.74, 6) is 2.38. The Kier molecular flexibility index (Phi) is 5.91. The minimum atomic E-state index is -0.770. The van der Waals surface area contributed by atoms with Gasteiger partial charge in [0.1, 0.15) is 0 Å². The van der Waals surface area contributed by atoms with Gasteiger partial charge in [0.05, 0.1) is 39.1 Å². The lowest BCUT2D eigenvalue weighted by molar-refractivity contribution is -0.247. The molecule has 2 saturated heterocycles. The van der Waals surface area contributed by atoms with Crippen molar-refractivity contribution >= 4 is 0 Å². The van der Waals surface area contributed by atoms with E-state index in [1.54, 1.807) is 0 Å². The first-order chi connectivity index (χ1) is 15.9. The monoisotopic (exact) mass is 463 g/mol. The molecule has 2 aliphatic heterocycles. The summed E-state index contributed by atoms with van der Waals surface area (Å²) in [6, 6.07) is 0.288. The van der Waals surface area contributed by atoms with E-state index < -0.39 is 5.79 Å². The number of hydrogen-bond donors (Lipinski definition) is 2. The molecule has 0 unspecified atom stereocenters. The van der Waals surface area contributed by atoms with Crippen LogP contribution in [0.25, 0.3) is 0 Å². The Labute approximate surface area is 199 Å². The number of rotatable bonds is 3. The molecule has 2 heterocycles. The van der Waals surface area contributed by atoms with Crippen molar-refractivity contribution in [3.05, 3.63) is 0 Å². The van der Waals surface area contributed by atoms with Gasteiger partial charge in [-0.15, -0.1) is 0 Å². The van der Waals surface area contributed by atoms with Crippen LogP contribution in [0.1, 0.15) is 65.2 Å². The first-order valence-corrected chi connectivity index (χ1v) is 13.8. The van der Waals surface area contributed by atoms with E-state index >= 15 is 0 Å². The Morgan fingerprint density at radius 2 is 1.61 bits per heavy atom. The van der Waals surface area contributed by atoms with E-state index in [0.717, 1.165) is 57.4 Å². The summed E-state index contributed by atoms with van der Waals surface area (Å²) in [7, 11) is 0. The molecule has 6 rings (SSSR count). The number of nitrogens with zero attached hydrogens (tertiary/aromatic N) is 1. The average molecular weight is 464 g/mol. The van der Waals surface area contributed by atoms with Crippen molar-refractivity contribution in [2.45, 2.75) is 83.1 Å². The quantitative estimate of drug-likeness (QED) is 0.670. The summed E-state index contributed by atoms with van der Waals surface area (Å²) >= 11 is 0. The molecule has 0 bridgehead atoms. The Bertz CT molecular complexity index is 721. The molecule has 2 N–H and O–H groups in total. The van der Waals surface area contributed by atoms with Crippen molar-refractivity contribution in [3.8, 4) is 0 Å². The zero-order valence-corrected chi connectivity index (χ0v) is 20.7. The molecule has 9 atom stereocenters. The molecule has 6 heteroatoms. The summed E-state index contributed by atoms with van der Waals surface area (Å²) < 4.78 is 17.8. The summed E-state index contributed by atoms with van der Waals surface area (Å²) in [5, 5.41) is 21.4. The van der Waals surface area contributed by atoms with Gasteiger partial charge in [-0.2, -0.15) is 0 Å². The maximum absolute atomic E-state index is 11.1. The highest BCUT2D eigenvalue weighted by Crippen LogP contribution is 2.69. The SMILES string of the molecule is C[C@]12C[C@H](N3CCOCC3)[C@@H](O)C[C@@H]1CC[C@@H]1[C@@H]2CC[C@]2(C)[C@@H](C3(CO)OCCO3)CC[C@@H]12. The molecule has 33 heavy (non-hydrogen) atoms. The first-order valence-electron chi connectivity index (χ1n) is 13.8. The van der Waals surface area contributed by atoms with Gasteiger partial charge in [0.15, 0.2) is 5.79 Å². The molecular formula is C27H45NO5. The van der Waals surface area contributed by atoms with Crippen LogP contribution in [0, 0.1) is 40.4 Å². The lowest BCUT2D eigenvalue weighted by Crippen LogP contribution is -2.61. The maximum Gasteiger partial charge on any atom is 0.195 e. The van der Waals surface area contributed by atoms with Crippen LogP contribution in [0.2, 0.25) is 0 Å². The van der Waals surface area contributed by atoms with Crippen molar-refractivity contribution in [2.24, 2.45) is 40.4 Å². The van der Waals surface area contributed by atoms with Crippen LogP contribution in [0.4, 0.5) is 0 Å². The minimum absolute atomic E-state index is 0.0209. The average Bonchev–Trinajstić information content (AvgIpc) is 3.44. The molecule has 188 valence electrons. The zero-order valence-electron chi connectivity index (χ0n) is 20.7. The molecule has 4 saturated carbocycles. The van der Waals surface area contributed by atoms with Gasteiger partial charge < -0.3 is 24.4 Å². The van der Waals surface area contributed by atoms with Gasteiger partial charge in [-0.25, -0.2) is 0 Å². The van der Waals surface area contributed by atoms with Crippen LogP contribution in [0.5, 0.6) is 0 Å². The third-order valence-electron chi connectivity index (χ3n) is 11.7. The fourth-order valence-corrected chi connectivity index (χ4v) is 10.2. The molecule has 0 amide bonds. The number of aliphatic hydroxyl groups excluding tert-OH is 2. The van der Waals surface area contributed by atoms with Crippen molar-refractivity contribution in [3.63, 3.8) is 0 Å². The van der Waals surface area contributed by atoms with Crippen molar-refractivity contribution in [1.82, 2.24) is 4.90 Å². The number of aliphatic hydroxyl groups is 2. The highest BCUT2D eigenvalue weighted by atomic mass is 16.7. The lowest BCUT2D eigenvalue weighted by Gasteiger charge is -2.63. The van der Waals surface area contributed by atoms with Gasteiger partial charge in [0, 0.05) is 25.0 Å². The van der Waals surface area contributed by atoms with Crippen molar-refractivity contribution in [2.75, 3.05) is 46.1 Å². The highest BCUT2D eigenvalue weighted by molar-refractivity contribution is 5.13. The maximum atomic E-state index is 11.1. The molecule has 0 aromatic heterocycles. The molecule has 6 fully saturated rings. The summed E-state index contributed by atoms with van der Waals surface area (Å²) in [4.78, 5) is 2.53. The molecule has 0 spiro atoms. The van der Waals surface area contributed by atoms with Gasteiger partial charge >= 0.3 is 0 Å². The van der Waals surface area contributed by atoms with Gasteiger partial charge in [-0.1, -0.05) is 13.8 Å². The van der Waals surface area contributed by atoms with E-state index in [1.165, 1.54) is 32.1 Å². The third kappa shape index (κ3) is 3.41. The number of morpholine rings is 1. The molecular weight excluding hydrogens is 418 g/mol. The minimum Gasteiger partial charge on any atom is -0.391 e. The molecule has 0 aromatic carbocycles. The fourth-order valence-electron chi connectivity index (χ4n) is 10.2. The van der Waals surface area contributed by atoms with Gasteiger partial charge in [0.25, 0.3) is 0 Å². The van der Waals surface area contributed by atoms with Crippen LogP contribution in [0.15, 0.2) is 0 Å².